The molecule has 0 fully saturated rings. The summed E-state index contributed by atoms with van der Waals surface area (Å²) >= 11 is 0. The summed E-state index contributed by atoms with van der Waals surface area (Å²) < 4.78 is 10.3. The Bertz CT molecular complexity index is 657. The van der Waals surface area contributed by atoms with Crippen molar-refractivity contribution in [3.8, 4) is 5.88 Å². The molecule has 0 aliphatic rings. The first-order valence-electron chi connectivity index (χ1n) is 5.51. The van der Waals surface area contributed by atoms with E-state index in [1.54, 1.807) is 19.2 Å². The molecule has 0 amide bonds. The van der Waals surface area contributed by atoms with Crippen LogP contribution >= 0.6 is 0 Å². The zero-order valence-electron chi connectivity index (χ0n) is 10.5. The molecule has 2 aromatic rings. The van der Waals surface area contributed by atoms with Crippen molar-refractivity contribution in [3.05, 3.63) is 39.6 Å². The highest BCUT2D eigenvalue weighted by molar-refractivity contribution is 5.77. The van der Waals surface area contributed by atoms with Gasteiger partial charge >= 0.3 is 0 Å². The second-order valence-electron chi connectivity index (χ2n) is 3.83. The quantitative estimate of drug-likeness (QED) is 0.809. The number of aromatic hydroxyl groups is 1. The first-order chi connectivity index (χ1) is 9.10. The number of hydrogen-bond acceptors (Lipinski definition) is 6. The van der Waals surface area contributed by atoms with Crippen molar-refractivity contribution in [1.82, 2.24) is 9.97 Å². The average Bonchev–Trinajstić information content (AvgIpc) is 2.81. The van der Waals surface area contributed by atoms with Crippen LogP contribution in [0.2, 0.25) is 0 Å². The van der Waals surface area contributed by atoms with E-state index >= 15 is 0 Å². The molecule has 2 N–H and O–H groups in total. The van der Waals surface area contributed by atoms with Crippen LogP contribution in [-0.4, -0.2) is 28.4 Å². The zero-order valence-corrected chi connectivity index (χ0v) is 10.5. The van der Waals surface area contributed by atoms with Gasteiger partial charge in [-0.3, -0.25) is 9.78 Å². The monoisotopic (exact) mass is 263 g/mol. The third kappa shape index (κ3) is 3.08. The van der Waals surface area contributed by atoms with Crippen LogP contribution in [-0.2, 0) is 11.3 Å². The van der Waals surface area contributed by atoms with Crippen molar-refractivity contribution >= 4 is 12.2 Å². The molecule has 7 heteroatoms. The van der Waals surface area contributed by atoms with Crippen LogP contribution in [0.3, 0.4) is 0 Å². The number of furan rings is 1. The topological polar surface area (TPSA) is 101 Å². The molecule has 0 spiro atoms. The average molecular weight is 263 g/mol. The number of aromatic amines is 1. The lowest BCUT2D eigenvalue weighted by Crippen LogP contribution is -2.10. The van der Waals surface area contributed by atoms with Gasteiger partial charge in [-0.25, -0.2) is 4.99 Å². The molecule has 0 atom stereocenters. The summed E-state index contributed by atoms with van der Waals surface area (Å²) in [5, 5.41) is 9.41. The van der Waals surface area contributed by atoms with Crippen molar-refractivity contribution in [2.45, 2.75) is 13.5 Å². The normalized spacial score (nSPS) is 11.3. The Morgan fingerprint density at radius 1 is 1.58 bits per heavy atom. The molecule has 0 aliphatic heterocycles. The standard InChI is InChI=1S/C12H13N3O4/c1-7-10(16)14-12(15-11(7)17)13-5-8-3-4-9(19-8)6-18-2/h3-5H,6H2,1-2H3,(H2,14,15,16,17). The van der Waals surface area contributed by atoms with E-state index in [2.05, 4.69) is 15.0 Å². The fourth-order valence-electron chi connectivity index (χ4n) is 1.38. The first-order valence-corrected chi connectivity index (χ1v) is 5.51. The molecule has 0 aliphatic carbocycles. The number of hydrogen-bond donors (Lipinski definition) is 2. The third-order valence-corrected chi connectivity index (χ3v) is 2.40. The molecular weight excluding hydrogens is 250 g/mol. The molecule has 2 heterocycles. The van der Waals surface area contributed by atoms with Gasteiger partial charge < -0.3 is 14.3 Å². The molecule has 19 heavy (non-hydrogen) atoms. The molecule has 0 bridgehead atoms. The van der Waals surface area contributed by atoms with E-state index < -0.39 is 5.56 Å². The highest BCUT2D eigenvalue weighted by Gasteiger charge is 2.05. The maximum Gasteiger partial charge on any atom is 0.259 e. The Labute approximate surface area is 108 Å². The van der Waals surface area contributed by atoms with Crippen LogP contribution in [0, 0.1) is 6.92 Å². The number of nitrogens with zero attached hydrogens (tertiary/aromatic N) is 2. The van der Waals surface area contributed by atoms with E-state index in [0.29, 0.717) is 18.1 Å². The lowest BCUT2D eigenvalue weighted by molar-refractivity contribution is 0.164. The molecular formula is C12H13N3O4. The molecule has 0 aromatic carbocycles. The second-order valence-corrected chi connectivity index (χ2v) is 3.83. The Morgan fingerprint density at radius 3 is 3.05 bits per heavy atom. The summed E-state index contributed by atoms with van der Waals surface area (Å²) in [7, 11) is 1.57. The zero-order chi connectivity index (χ0) is 13.8. The number of H-pyrrole nitrogens is 1. The third-order valence-electron chi connectivity index (χ3n) is 2.40. The summed E-state index contributed by atoms with van der Waals surface area (Å²) in [6, 6.07) is 3.47. The smallest absolute Gasteiger partial charge is 0.259 e. The van der Waals surface area contributed by atoms with Crippen molar-refractivity contribution in [1.29, 1.82) is 0 Å². The van der Waals surface area contributed by atoms with E-state index in [9.17, 15) is 9.90 Å². The van der Waals surface area contributed by atoms with Crippen LogP contribution in [0.5, 0.6) is 5.88 Å². The second kappa shape index (κ2) is 5.49. The van der Waals surface area contributed by atoms with E-state index in [4.69, 9.17) is 9.15 Å². The van der Waals surface area contributed by atoms with Crippen LogP contribution in [0.1, 0.15) is 17.1 Å². The van der Waals surface area contributed by atoms with Crippen molar-refractivity contribution < 1.29 is 14.3 Å². The minimum Gasteiger partial charge on any atom is -0.493 e. The van der Waals surface area contributed by atoms with Gasteiger partial charge in [-0.15, -0.1) is 0 Å². The van der Waals surface area contributed by atoms with Crippen molar-refractivity contribution in [2.24, 2.45) is 4.99 Å². The number of aromatic nitrogens is 2. The Balaban J connectivity index is 2.20. The molecule has 100 valence electrons. The van der Waals surface area contributed by atoms with Gasteiger partial charge in [0, 0.05) is 7.11 Å². The number of rotatable bonds is 4. The Morgan fingerprint density at radius 2 is 2.37 bits per heavy atom. The summed E-state index contributed by atoms with van der Waals surface area (Å²) in [6.45, 7) is 1.84. The number of ether oxygens (including phenoxy) is 1. The van der Waals surface area contributed by atoms with Gasteiger partial charge in [0.05, 0.1) is 11.8 Å². The van der Waals surface area contributed by atoms with Gasteiger partial charge in [-0.1, -0.05) is 0 Å². The van der Waals surface area contributed by atoms with Gasteiger partial charge in [0.2, 0.25) is 11.8 Å². The number of nitrogens with one attached hydrogen (secondary N) is 1. The molecule has 7 nitrogen and oxygen atoms in total. The highest BCUT2D eigenvalue weighted by Crippen LogP contribution is 2.12. The van der Waals surface area contributed by atoms with E-state index in [1.165, 1.54) is 13.1 Å². The SMILES string of the molecule is COCc1ccc(C=Nc2nc(O)c(C)c(=O)[nH]2)o1. The minimum atomic E-state index is -0.431. The molecule has 0 radical (unpaired) electrons. The largest absolute Gasteiger partial charge is 0.493 e. The number of aliphatic imine (C=N–C) groups is 1. The van der Waals surface area contributed by atoms with Gasteiger partial charge in [0.1, 0.15) is 18.1 Å². The van der Waals surface area contributed by atoms with Crippen LogP contribution < -0.4 is 5.56 Å². The predicted octanol–water partition coefficient (Wildman–Crippen LogP) is 1.27. The van der Waals surface area contributed by atoms with E-state index in [-0.39, 0.29) is 17.4 Å². The van der Waals surface area contributed by atoms with Gasteiger partial charge in [0.15, 0.2) is 0 Å². The fourth-order valence-corrected chi connectivity index (χ4v) is 1.38. The van der Waals surface area contributed by atoms with Gasteiger partial charge in [-0.05, 0) is 19.1 Å². The van der Waals surface area contributed by atoms with E-state index in [1.807, 2.05) is 0 Å². The molecule has 0 unspecified atom stereocenters. The van der Waals surface area contributed by atoms with Crippen LogP contribution in [0.15, 0.2) is 26.3 Å². The van der Waals surface area contributed by atoms with Crippen LogP contribution in [0.25, 0.3) is 0 Å². The summed E-state index contributed by atoms with van der Waals surface area (Å²) in [5.41, 5.74) is -0.279. The minimum absolute atomic E-state index is 0.0118. The summed E-state index contributed by atoms with van der Waals surface area (Å²) in [5.74, 6) is 0.833. The maximum absolute atomic E-state index is 11.4. The van der Waals surface area contributed by atoms with Gasteiger partial charge in [-0.2, -0.15) is 4.98 Å². The number of methoxy groups -OCH3 is 1. The Kier molecular flexibility index (Phi) is 3.76. The molecule has 0 saturated carbocycles. The lowest BCUT2D eigenvalue weighted by atomic mass is 10.4. The lowest BCUT2D eigenvalue weighted by Gasteiger charge is -1.97. The molecule has 0 saturated heterocycles. The first kappa shape index (κ1) is 13.0. The van der Waals surface area contributed by atoms with E-state index in [0.717, 1.165) is 0 Å². The van der Waals surface area contributed by atoms with Gasteiger partial charge in [0.25, 0.3) is 5.56 Å². The van der Waals surface area contributed by atoms with Crippen molar-refractivity contribution in [3.63, 3.8) is 0 Å². The summed E-state index contributed by atoms with van der Waals surface area (Å²) in [4.78, 5) is 21.5. The molecule has 2 rings (SSSR count). The summed E-state index contributed by atoms with van der Waals surface area (Å²) in [6.07, 6.45) is 1.40. The predicted molar refractivity (Wildman–Crippen MR) is 67.9 cm³/mol. The van der Waals surface area contributed by atoms with Crippen molar-refractivity contribution in [2.75, 3.05) is 7.11 Å². The molecule has 2 aromatic heterocycles. The Hall–Kier alpha value is -2.41. The van der Waals surface area contributed by atoms with Crippen LogP contribution in [0.4, 0.5) is 5.95 Å². The highest BCUT2D eigenvalue weighted by atomic mass is 16.5. The maximum atomic E-state index is 11.4. The fraction of sp³-hybridized carbons (Fsp3) is 0.250.